The second kappa shape index (κ2) is 4.97. The van der Waals surface area contributed by atoms with Crippen LogP contribution in [0.1, 0.15) is 24.8 Å². The van der Waals surface area contributed by atoms with Gasteiger partial charge in [0.05, 0.1) is 6.04 Å². The van der Waals surface area contributed by atoms with Gasteiger partial charge in [-0.15, -0.1) is 0 Å². The molecule has 3 rings (SSSR count). The normalized spacial score (nSPS) is 29.3. The first-order chi connectivity index (χ1) is 9.16. The molecule has 3 heteroatoms. The number of likely N-dealkylation sites (N-methyl/N-ethyl adjacent to an activating group) is 1. The molecule has 1 saturated carbocycles. The molecule has 1 amide bonds. The van der Waals surface area contributed by atoms with Crippen molar-refractivity contribution >= 4 is 11.6 Å². The minimum atomic E-state index is 0.0259. The highest BCUT2D eigenvalue weighted by Gasteiger charge is 2.43. The van der Waals surface area contributed by atoms with Crippen molar-refractivity contribution in [2.24, 2.45) is 11.8 Å². The van der Waals surface area contributed by atoms with E-state index in [0.29, 0.717) is 5.92 Å². The molecule has 1 heterocycles. The molecule has 19 heavy (non-hydrogen) atoms. The molecule has 1 aromatic carbocycles. The second-order valence-electron chi connectivity index (χ2n) is 5.98. The van der Waals surface area contributed by atoms with Crippen molar-refractivity contribution in [3.63, 3.8) is 0 Å². The predicted molar refractivity (Wildman–Crippen MR) is 77.2 cm³/mol. The summed E-state index contributed by atoms with van der Waals surface area (Å²) in [4.78, 5) is 14.5. The van der Waals surface area contributed by atoms with Crippen LogP contribution in [0, 0.1) is 18.8 Å². The van der Waals surface area contributed by atoms with Crippen LogP contribution in [-0.4, -0.2) is 25.5 Å². The van der Waals surface area contributed by atoms with Gasteiger partial charge in [0.25, 0.3) is 0 Å². The molecule has 0 radical (unpaired) electrons. The van der Waals surface area contributed by atoms with E-state index in [2.05, 4.69) is 24.4 Å². The third-order valence-electron chi connectivity index (χ3n) is 4.73. The van der Waals surface area contributed by atoms with E-state index in [1.807, 2.05) is 24.1 Å². The van der Waals surface area contributed by atoms with Gasteiger partial charge in [0.1, 0.15) is 0 Å². The number of fused-ring (bicyclic) bond motifs is 1. The maximum atomic E-state index is 12.7. The summed E-state index contributed by atoms with van der Waals surface area (Å²) < 4.78 is 0. The van der Waals surface area contributed by atoms with E-state index in [1.54, 1.807) is 0 Å². The van der Waals surface area contributed by atoms with Crippen LogP contribution < -0.4 is 10.2 Å². The average Bonchev–Trinajstić information content (AvgIpc) is 2.99. The lowest BCUT2D eigenvalue weighted by Crippen LogP contribution is -2.44. The molecule has 2 aliphatic rings. The van der Waals surface area contributed by atoms with Crippen molar-refractivity contribution in [1.29, 1.82) is 0 Å². The van der Waals surface area contributed by atoms with Gasteiger partial charge in [0, 0.05) is 12.7 Å². The molecule has 1 saturated heterocycles. The summed E-state index contributed by atoms with van der Waals surface area (Å²) in [6, 6.07) is 8.17. The first-order valence-corrected chi connectivity index (χ1v) is 7.24. The number of benzene rings is 1. The van der Waals surface area contributed by atoms with Gasteiger partial charge in [-0.3, -0.25) is 4.79 Å². The van der Waals surface area contributed by atoms with Gasteiger partial charge in [0.15, 0.2) is 0 Å². The van der Waals surface area contributed by atoms with E-state index in [9.17, 15) is 4.79 Å². The summed E-state index contributed by atoms with van der Waals surface area (Å²) in [6.07, 6.45) is 3.78. The summed E-state index contributed by atoms with van der Waals surface area (Å²) in [7, 11) is 1.89. The van der Waals surface area contributed by atoms with Crippen LogP contribution in [0.3, 0.4) is 0 Å². The number of carbonyl (C=O) groups excluding carboxylic acids is 1. The molecule has 3 nitrogen and oxygen atoms in total. The zero-order valence-corrected chi connectivity index (χ0v) is 11.7. The predicted octanol–water partition coefficient (Wildman–Crippen LogP) is 2.35. The number of hydrogen-bond donors (Lipinski definition) is 1. The van der Waals surface area contributed by atoms with Gasteiger partial charge < -0.3 is 10.2 Å². The molecule has 1 N–H and O–H groups in total. The molecular formula is C16H22N2O. The fraction of sp³-hybridized carbons (Fsp3) is 0.562. The molecular weight excluding hydrogens is 236 g/mol. The van der Waals surface area contributed by atoms with Crippen molar-refractivity contribution in [3.05, 3.63) is 29.8 Å². The summed E-state index contributed by atoms with van der Waals surface area (Å²) in [5, 5.41) is 3.43. The fourth-order valence-corrected chi connectivity index (χ4v) is 3.63. The summed E-state index contributed by atoms with van der Waals surface area (Å²) in [5.74, 6) is 1.50. The zero-order valence-electron chi connectivity index (χ0n) is 11.7. The Labute approximate surface area is 115 Å². The topological polar surface area (TPSA) is 32.3 Å². The van der Waals surface area contributed by atoms with E-state index < -0.39 is 0 Å². The van der Waals surface area contributed by atoms with E-state index in [-0.39, 0.29) is 11.9 Å². The standard InChI is InChI=1S/C16H22N2O/c1-11-5-3-7-13(9-11)18(2)16(19)15-14-8-4-6-12(14)10-17-15/h3,5,7,9,12,14-15,17H,4,6,8,10H2,1-2H3/t12?,14?,15-/m0/s1. The highest BCUT2D eigenvalue weighted by Crippen LogP contribution is 2.38. The zero-order chi connectivity index (χ0) is 13.4. The molecule has 3 atom stereocenters. The van der Waals surface area contributed by atoms with Crippen molar-refractivity contribution in [2.45, 2.75) is 32.2 Å². The maximum Gasteiger partial charge on any atom is 0.244 e. The molecule has 1 aromatic rings. The Hall–Kier alpha value is -1.35. The monoisotopic (exact) mass is 258 g/mol. The van der Waals surface area contributed by atoms with E-state index in [1.165, 1.54) is 24.8 Å². The van der Waals surface area contributed by atoms with E-state index >= 15 is 0 Å². The van der Waals surface area contributed by atoms with Crippen LogP contribution in [0.2, 0.25) is 0 Å². The SMILES string of the molecule is Cc1cccc(N(C)C(=O)[C@H]2NCC3CCCC32)c1. The van der Waals surface area contributed by atoms with Crippen molar-refractivity contribution < 1.29 is 4.79 Å². The number of hydrogen-bond acceptors (Lipinski definition) is 2. The van der Waals surface area contributed by atoms with Gasteiger partial charge in [-0.05, 0) is 55.8 Å². The van der Waals surface area contributed by atoms with E-state index in [0.717, 1.165) is 18.2 Å². The van der Waals surface area contributed by atoms with Gasteiger partial charge in [-0.2, -0.15) is 0 Å². The van der Waals surface area contributed by atoms with Crippen molar-refractivity contribution in [2.75, 3.05) is 18.5 Å². The van der Waals surface area contributed by atoms with E-state index in [4.69, 9.17) is 0 Å². The molecule has 2 unspecified atom stereocenters. The Balaban J connectivity index is 1.76. The third-order valence-corrected chi connectivity index (χ3v) is 4.73. The lowest BCUT2D eigenvalue weighted by Gasteiger charge is -2.25. The first kappa shape index (κ1) is 12.7. The molecule has 2 fully saturated rings. The van der Waals surface area contributed by atoms with Crippen LogP contribution >= 0.6 is 0 Å². The Morgan fingerprint density at radius 1 is 1.37 bits per heavy atom. The molecule has 0 aromatic heterocycles. The number of aryl methyl sites for hydroxylation is 1. The lowest BCUT2D eigenvalue weighted by atomic mass is 9.93. The minimum Gasteiger partial charge on any atom is -0.314 e. The average molecular weight is 258 g/mol. The molecule has 1 aliphatic carbocycles. The molecule has 0 bridgehead atoms. The number of rotatable bonds is 2. The first-order valence-electron chi connectivity index (χ1n) is 7.24. The summed E-state index contributed by atoms with van der Waals surface area (Å²) in [5.41, 5.74) is 2.18. The Kier molecular flexibility index (Phi) is 3.31. The Bertz CT molecular complexity index is 485. The van der Waals surface area contributed by atoms with Crippen LogP contribution in [0.4, 0.5) is 5.69 Å². The number of nitrogens with zero attached hydrogens (tertiary/aromatic N) is 1. The number of anilines is 1. The van der Waals surface area contributed by atoms with Crippen molar-refractivity contribution in [1.82, 2.24) is 5.32 Å². The van der Waals surface area contributed by atoms with Crippen LogP contribution in [-0.2, 0) is 4.79 Å². The quantitative estimate of drug-likeness (QED) is 0.883. The van der Waals surface area contributed by atoms with Gasteiger partial charge in [0.2, 0.25) is 5.91 Å². The van der Waals surface area contributed by atoms with Crippen LogP contribution in [0.15, 0.2) is 24.3 Å². The highest BCUT2D eigenvalue weighted by atomic mass is 16.2. The minimum absolute atomic E-state index is 0.0259. The molecule has 1 aliphatic heterocycles. The lowest BCUT2D eigenvalue weighted by molar-refractivity contribution is -0.120. The Morgan fingerprint density at radius 2 is 2.21 bits per heavy atom. The third kappa shape index (κ3) is 2.27. The largest absolute Gasteiger partial charge is 0.314 e. The molecule has 0 spiro atoms. The Morgan fingerprint density at radius 3 is 3.00 bits per heavy atom. The number of nitrogens with one attached hydrogen (secondary N) is 1. The number of amides is 1. The number of carbonyl (C=O) groups is 1. The maximum absolute atomic E-state index is 12.7. The highest BCUT2D eigenvalue weighted by molar-refractivity contribution is 5.97. The van der Waals surface area contributed by atoms with Crippen LogP contribution in [0.5, 0.6) is 0 Å². The van der Waals surface area contributed by atoms with Crippen molar-refractivity contribution in [3.8, 4) is 0 Å². The fourth-order valence-electron chi connectivity index (χ4n) is 3.63. The summed E-state index contributed by atoms with van der Waals surface area (Å²) >= 11 is 0. The second-order valence-corrected chi connectivity index (χ2v) is 5.98. The molecule has 102 valence electrons. The van der Waals surface area contributed by atoms with Gasteiger partial charge >= 0.3 is 0 Å². The van der Waals surface area contributed by atoms with Gasteiger partial charge in [-0.1, -0.05) is 18.6 Å². The summed E-state index contributed by atoms with van der Waals surface area (Å²) in [6.45, 7) is 3.07. The smallest absolute Gasteiger partial charge is 0.244 e. The van der Waals surface area contributed by atoms with Gasteiger partial charge in [-0.25, -0.2) is 0 Å². The van der Waals surface area contributed by atoms with Crippen LogP contribution in [0.25, 0.3) is 0 Å².